The number of fused-ring (bicyclic) bond motifs is 1. The van der Waals surface area contributed by atoms with E-state index >= 15 is 0 Å². The molecule has 1 fully saturated rings. The third-order valence-corrected chi connectivity index (χ3v) is 4.11. The Kier molecular flexibility index (Phi) is 2.90. The Morgan fingerprint density at radius 3 is 2.84 bits per heavy atom. The van der Waals surface area contributed by atoms with Gasteiger partial charge in [-0.3, -0.25) is 4.79 Å². The zero-order valence-electron chi connectivity index (χ0n) is 10.7. The van der Waals surface area contributed by atoms with Crippen LogP contribution in [0.3, 0.4) is 0 Å². The molecule has 1 aromatic rings. The summed E-state index contributed by atoms with van der Waals surface area (Å²) in [6, 6.07) is 9.80. The molecule has 19 heavy (non-hydrogen) atoms. The Morgan fingerprint density at radius 2 is 2.11 bits per heavy atom. The van der Waals surface area contributed by atoms with Gasteiger partial charge in [0, 0.05) is 5.56 Å². The first-order chi connectivity index (χ1) is 9.25. The number of carbonyl (C=O) groups is 1. The average Bonchev–Trinajstić information content (AvgIpc) is 3.07. The molecule has 0 radical (unpaired) electrons. The summed E-state index contributed by atoms with van der Waals surface area (Å²) < 4.78 is 5.54. The van der Waals surface area contributed by atoms with E-state index < -0.39 is 5.41 Å². The molecule has 1 heterocycles. The normalized spacial score (nSPS) is 23.2. The van der Waals surface area contributed by atoms with Crippen molar-refractivity contribution in [3.63, 3.8) is 0 Å². The average molecular weight is 256 g/mol. The van der Waals surface area contributed by atoms with E-state index in [0.717, 1.165) is 24.2 Å². The van der Waals surface area contributed by atoms with Crippen molar-refractivity contribution in [1.29, 1.82) is 5.26 Å². The van der Waals surface area contributed by atoms with E-state index in [-0.39, 0.29) is 11.9 Å². The van der Waals surface area contributed by atoms with Gasteiger partial charge in [-0.15, -0.1) is 0 Å². The zero-order valence-corrected chi connectivity index (χ0v) is 10.7. The number of amides is 1. The highest BCUT2D eigenvalue weighted by molar-refractivity contribution is 5.86. The van der Waals surface area contributed by atoms with Gasteiger partial charge in [0.2, 0.25) is 5.91 Å². The van der Waals surface area contributed by atoms with Crippen LogP contribution in [0.4, 0.5) is 0 Å². The molecule has 1 N–H and O–H groups in total. The SMILES string of the molecule is N#CC1(C(=O)NC2COc3ccccc32)CCCC1. The predicted octanol–water partition coefficient (Wildman–Crippen LogP) is 2.32. The lowest BCUT2D eigenvalue weighted by Crippen LogP contribution is -2.40. The van der Waals surface area contributed by atoms with Crippen LogP contribution in [-0.2, 0) is 4.79 Å². The Morgan fingerprint density at radius 1 is 1.37 bits per heavy atom. The van der Waals surface area contributed by atoms with Crippen LogP contribution in [0.25, 0.3) is 0 Å². The largest absolute Gasteiger partial charge is 0.491 e. The molecular formula is C15H16N2O2. The summed E-state index contributed by atoms with van der Waals surface area (Å²) >= 11 is 0. The standard InChI is InChI=1S/C15H16N2O2/c16-10-15(7-3-4-8-15)14(18)17-12-9-19-13-6-2-1-5-11(12)13/h1-2,5-6,12H,3-4,7-9H2,(H,17,18). The van der Waals surface area contributed by atoms with Crippen molar-refractivity contribution in [3.05, 3.63) is 29.8 Å². The highest BCUT2D eigenvalue weighted by atomic mass is 16.5. The Balaban J connectivity index is 1.77. The van der Waals surface area contributed by atoms with Gasteiger partial charge in [-0.2, -0.15) is 5.26 Å². The van der Waals surface area contributed by atoms with Crippen LogP contribution in [0.15, 0.2) is 24.3 Å². The topological polar surface area (TPSA) is 62.1 Å². The van der Waals surface area contributed by atoms with E-state index in [0.29, 0.717) is 19.4 Å². The number of nitrogens with one attached hydrogen (secondary N) is 1. The third-order valence-electron chi connectivity index (χ3n) is 4.11. The monoisotopic (exact) mass is 256 g/mol. The molecule has 4 nitrogen and oxygen atoms in total. The second kappa shape index (κ2) is 4.58. The first kappa shape index (κ1) is 12.0. The van der Waals surface area contributed by atoms with Gasteiger partial charge < -0.3 is 10.1 Å². The van der Waals surface area contributed by atoms with E-state index in [9.17, 15) is 10.1 Å². The highest BCUT2D eigenvalue weighted by Crippen LogP contribution is 2.39. The Labute approximate surface area is 112 Å². The first-order valence-corrected chi connectivity index (χ1v) is 6.69. The molecule has 0 spiro atoms. The van der Waals surface area contributed by atoms with Crippen LogP contribution >= 0.6 is 0 Å². The van der Waals surface area contributed by atoms with Crippen LogP contribution in [0.2, 0.25) is 0 Å². The molecule has 0 saturated heterocycles. The van der Waals surface area contributed by atoms with Crippen molar-refractivity contribution >= 4 is 5.91 Å². The van der Waals surface area contributed by atoms with Gasteiger partial charge in [0.1, 0.15) is 17.8 Å². The Bertz CT molecular complexity index is 541. The number of nitrogens with zero attached hydrogens (tertiary/aromatic N) is 1. The van der Waals surface area contributed by atoms with Gasteiger partial charge in [-0.25, -0.2) is 0 Å². The first-order valence-electron chi connectivity index (χ1n) is 6.69. The van der Waals surface area contributed by atoms with Crippen LogP contribution in [0, 0.1) is 16.7 Å². The number of ether oxygens (including phenoxy) is 1. The predicted molar refractivity (Wildman–Crippen MR) is 69.3 cm³/mol. The maximum atomic E-state index is 12.4. The summed E-state index contributed by atoms with van der Waals surface area (Å²) in [7, 11) is 0. The third kappa shape index (κ3) is 1.95. The van der Waals surface area contributed by atoms with Gasteiger partial charge in [0.25, 0.3) is 0 Å². The quantitative estimate of drug-likeness (QED) is 0.883. The fraction of sp³-hybridized carbons (Fsp3) is 0.467. The summed E-state index contributed by atoms with van der Waals surface area (Å²) in [5.74, 6) is 0.683. The molecule has 0 bridgehead atoms. The van der Waals surface area contributed by atoms with E-state index in [1.54, 1.807) is 0 Å². The molecule has 1 amide bonds. The fourth-order valence-electron chi connectivity index (χ4n) is 2.95. The summed E-state index contributed by atoms with van der Waals surface area (Å²) in [6.07, 6.45) is 3.26. The number of carbonyl (C=O) groups excluding carboxylic acids is 1. The molecular weight excluding hydrogens is 240 g/mol. The van der Waals surface area contributed by atoms with Crippen LogP contribution in [0.5, 0.6) is 5.75 Å². The summed E-state index contributed by atoms with van der Waals surface area (Å²) in [4.78, 5) is 12.4. The van der Waals surface area contributed by atoms with Crippen LogP contribution in [0.1, 0.15) is 37.3 Å². The van der Waals surface area contributed by atoms with E-state index in [1.165, 1.54) is 0 Å². The minimum atomic E-state index is -0.822. The minimum Gasteiger partial charge on any atom is -0.491 e. The number of benzene rings is 1. The lowest BCUT2D eigenvalue weighted by molar-refractivity contribution is -0.128. The molecule has 1 aromatic carbocycles. The van der Waals surface area contributed by atoms with Crippen LogP contribution in [-0.4, -0.2) is 12.5 Å². The van der Waals surface area contributed by atoms with E-state index in [2.05, 4.69) is 11.4 Å². The van der Waals surface area contributed by atoms with E-state index in [4.69, 9.17) is 4.74 Å². The second-order valence-electron chi connectivity index (χ2n) is 5.28. The summed E-state index contributed by atoms with van der Waals surface area (Å²) in [5, 5.41) is 12.3. The van der Waals surface area contributed by atoms with Crippen molar-refractivity contribution in [1.82, 2.24) is 5.32 Å². The molecule has 3 rings (SSSR count). The van der Waals surface area contributed by atoms with Gasteiger partial charge in [0.05, 0.1) is 12.1 Å². The molecule has 0 aromatic heterocycles. The van der Waals surface area contributed by atoms with Gasteiger partial charge in [-0.05, 0) is 18.9 Å². The maximum absolute atomic E-state index is 12.4. The molecule has 4 heteroatoms. The second-order valence-corrected chi connectivity index (χ2v) is 5.28. The number of hydrogen-bond donors (Lipinski definition) is 1. The van der Waals surface area contributed by atoms with Gasteiger partial charge >= 0.3 is 0 Å². The molecule has 1 aliphatic carbocycles. The minimum absolute atomic E-state index is 0.130. The molecule has 1 unspecified atom stereocenters. The van der Waals surface area contributed by atoms with Gasteiger partial charge in [-0.1, -0.05) is 31.0 Å². The van der Waals surface area contributed by atoms with Crippen molar-refractivity contribution in [3.8, 4) is 11.8 Å². The number of hydrogen-bond acceptors (Lipinski definition) is 3. The highest BCUT2D eigenvalue weighted by Gasteiger charge is 2.43. The van der Waals surface area contributed by atoms with Crippen LogP contribution < -0.4 is 10.1 Å². The van der Waals surface area contributed by atoms with Crippen molar-refractivity contribution in [2.24, 2.45) is 5.41 Å². The number of para-hydroxylation sites is 1. The smallest absolute Gasteiger partial charge is 0.241 e. The lowest BCUT2D eigenvalue weighted by Gasteiger charge is -2.22. The van der Waals surface area contributed by atoms with E-state index in [1.807, 2.05) is 24.3 Å². The molecule has 2 aliphatic rings. The summed E-state index contributed by atoms with van der Waals surface area (Å²) in [5.41, 5.74) is 0.180. The van der Waals surface area contributed by atoms with Crippen molar-refractivity contribution in [2.45, 2.75) is 31.7 Å². The summed E-state index contributed by atoms with van der Waals surface area (Å²) in [6.45, 7) is 0.451. The molecule has 1 aliphatic heterocycles. The maximum Gasteiger partial charge on any atom is 0.241 e. The van der Waals surface area contributed by atoms with Gasteiger partial charge in [0.15, 0.2) is 0 Å². The lowest BCUT2D eigenvalue weighted by atomic mass is 9.86. The number of nitriles is 1. The molecule has 1 saturated carbocycles. The molecule has 1 atom stereocenters. The molecule has 98 valence electrons. The fourth-order valence-corrected chi connectivity index (χ4v) is 2.95. The Hall–Kier alpha value is -2.02. The number of rotatable bonds is 2. The van der Waals surface area contributed by atoms with Crippen molar-refractivity contribution < 1.29 is 9.53 Å². The van der Waals surface area contributed by atoms with Crippen molar-refractivity contribution in [2.75, 3.05) is 6.61 Å². The zero-order chi connectivity index (χ0) is 13.3.